The molecule has 0 atom stereocenters. The van der Waals surface area contributed by atoms with E-state index in [1.807, 2.05) is 0 Å². The van der Waals surface area contributed by atoms with E-state index in [1.165, 1.54) is 24.6 Å². The molecule has 2 aromatic carbocycles. The van der Waals surface area contributed by atoms with Gasteiger partial charge in [0, 0.05) is 18.9 Å². The van der Waals surface area contributed by atoms with Crippen molar-refractivity contribution in [1.29, 1.82) is 0 Å². The average molecular weight is 363 g/mol. The van der Waals surface area contributed by atoms with Crippen LogP contribution in [0.4, 0.5) is 10.1 Å². The topological polar surface area (TPSA) is 64.6 Å². The van der Waals surface area contributed by atoms with Crippen molar-refractivity contribution in [2.75, 3.05) is 4.72 Å². The summed E-state index contributed by atoms with van der Waals surface area (Å²) in [5.74, 6) is -0.0644. The number of nitrogens with one attached hydrogen (secondary N) is 1. The van der Waals surface area contributed by atoms with Crippen molar-refractivity contribution in [3.05, 3.63) is 48.3 Å². The summed E-state index contributed by atoms with van der Waals surface area (Å²) in [5, 5.41) is 0. The molecule has 25 heavy (non-hydrogen) atoms. The van der Waals surface area contributed by atoms with Crippen molar-refractivity contribution in [1.82, 2.24) is 0 Å². The van der Waals surface area contributed by atoms with Crippen molar-refractivity contribution in [3.63, 3.8) is 0 Å². The summed E-state index contributed by atoms with van der Waals surface area (Å²) in [6, 6.07) is 9.79. The Balaban J connectivity index is 1.57. The van der Waals surface area contributed by atoms with E-state index in [4.69, 9.17) is 9.47 Å². The molecule has 0 aromatic heterocycles. The number of hydrogen-bond acceptors (Lipinski definition) is 4. The Labute approximate surface area is 145 Å². The largest absolute Gasteiger partial charge is 0.448 e. The molecule has 0 saturated heterocycles. The van der Waals surface area contributed by atoms with Crippen LogP contribution in [0.15, 0.2) is 47.4 Å². The average Bonchev–Trinajstić information content (AvgIpc) is 2.91. The third-order valence-electron chi connectivity index (χ3n) is 4.51. The first-order valence-corrected chi connectivity index (χ1v) is 9.75. The minimum Gasteiger partial charge on any atom is -0.448 e. The van der Waals surface area contributed by atoms with Crippen molar-refractivity contribution >= 4 is 15.7 Å². The van der Waals surface area contributed by atoms with Gasteiger partial charge in [-0.3, -0.25) is 4.72 Å². The normalized spacial score (nSPS) is 18.3. The zero-order valence-electron chi connectivity index (χ0n) is 13.5. The molecule has 1 fully saturated rings. The van der Waals surface area contributed by atoms with Crippen LogP contribution in [0.5, 0.6) is 11.5 Å². The fourth-order valence-corrected chi connectivity index (χ4v) is 4.38. The Morgan fingerprint density at radius 2 is 1.72 bits per heavy atom. The van der Waals surface area contributed by atoms with Gasteiger partial charge in [0.25, 0.3) is 15.8 Å². The second-order valence-corrected chi connectivity index (χ2v) is 8.08. The van der Waals surface area contributed by atoms with Crippen LogP contribution in [-0.2, 0) is 10.0 Å². The number of sulfonamides is 1. The van der Waals surface area contributed by atoms with Gasteiger partial charge in [0.15, 0.2) is 11.5 Å². The standard InChI is InChI=1S/C18H18FNO4S/c19-13-5-4-6-15(11-13)25(21,22)20-14-7-8-16-17(12-14)24-18(23-16)9-2-1-3-10-18/h4-8,11-12,20H,1-3,9-10H2. The molecule has 0 unspecified atom stereocenters. The van der Waals surface area contributed by atoms with Crippen molar-refractivity contribution in [2.24, 2.45) is 0 Å². The molecular formula is C18H18FNO4S. The van der Waals surface area contributed by atoms with Gasteiger partial charge >= 0.3 is 0 Å². The van der Waals surface area contributed by atoms with Crippen LogP contribution in [0.3, 0.4) is 0 Å². The van der Waals surface area contributed by atoms with Crippen molar-refractivity contribution < 1.29 is 22.3 Å². The first-order valence-electron chi connectivity index (χ1n) is 8.26. The lowest BCUT2D eigenvalue weighted by molar-refractivity contribution is -0.105. The SMILES string of the molecule is O=S(=O)(Nc1ccc2c(c1)OC1(CCCCC1)O2)c1cccc(F)c1. The van der Waals surface area contributed by atoms with Gasteiger partial charge in [-0.2, -0.15) is 0 Å². The van der Waals surface area contributed by atoms with Crippen LogP contribution < -0.4 is 14.2 Å². The number of fused-ring (bicyclic) bond motifs is 1. The van der Waals surface area contributed by atoms with Gasteiger partial charge in [0.05, 0.1) is 10.6 Å². The van der Waals surface area contributed by atoms with Gasteiger partial charge in [-0.25, -0.2) is 12.8 Å². The maximum absolute atomic E-state index is 13.3. The van der Waals surface area contributed by atoms with Crippen LogP contribution in [0, 0.1) is 5.82 Å². The highest BCUT2D eigenvalue weighted by Gasteiger charge is 2.42. The monoisotopic (exact) mass is 363 g/mol. The third-order valence-corrected chi connectivity index (χ3v) is 5.89. The maximum Gasteiger partial charge on any atom is 0.261 e. The van der Waals surface area contributed by atoms with Crippen LogP contribution in [0.25, 0.3) is 0 Å². The van der Waals surface area contributed by atoms with Gasteiger partial charge in [-0.15, -0.1) is 0 Å². The lowest BCUT2D eigenvalue weighted by Gasteiger charge is -2.31. The molecule has 0 bridgehead atoms. The minimum atomic E-state index is -3.87. The number of halogens is 1. The molecule has 1 spiro atoms. The van der Waals surface area contributed by atoms with Gasteiger partial charge in [0.2, 0.25) is 0 Å². The fourth-order valence-electron chi connectivity index (χ4n) is 3.30. The number of benzene rings is 2. The number of ether oxygens (including phenoxy) is 2. The van der Waals surface area contributed by atoms with Gasteiger partial charge in [-0.1, -0.05) is 12.5 Å². The van der Waals surface area contributed by atoms with Gasteiger partial charge in [-0.05, 0) is 43.2 Å². The number of anilines is 1. The highest BCUT2D eigenvalue weighted by atomic mass is 32.2. The smallest absolute Gasteiger partial charge is 0.261 e. The lowest BCUT2D eigenvalue weighted by Crippen LogP contribution is -2.40. The predicted molar refractivity (Wildman–Crippen MR) is 90.7 cm³/mol. The van der Waals surface area contributed by atoms with Crippen molar-refractivity contribution in [3.8, 4) is 11.5 Å². The highest BCUT2D eigenvalue weighted by Crippen LogP contribution is 2.46. The van der Waals surface area contributed by atoms with Crippen LogP contribution in [0.2, 0.25) is 0 Å². The Hall–Kier alpha value is -2.28. The quantitative estimate of drug-likeness (QED) is 0.893. The Bertz CT molecular complexity index is 907. The van der Waals surface area contributed by atoms with E-state index in [1.54, 1.807) is 18.2 Å². The molecule has 4 rings (SSSR count). The minimum absolute atomic E-state index is 0.131. The highest BCUT2D eigenvalue weighted by molar-refractivity contribution is 7.92. The molecule has 0 radical (unpaired) electrons. The molecular weight excluding hydrogens is 345 g/mol. The zero-order valence-corrected chi connectivity index (χ0v) is 14.3. The molecule has 7 heteroatoms. The van der Waals surface area contributed by atoms with E-state index >= 15 is 0 Å². The molecule has 0 amide bonds. The summed E-state index contributed by atoms with van der Waals surface area (Å²) in [4.78, 5) is -0.131. The summed E-state index contributed by atoms with van der Waals surface area (Å²) in [5.41, 5.74) is 0.347. The summed E-state index contributed by atoms with van der Waals surface area (Å²) in [7, 11) is -3.87. The Morgan fingerprint density at radius 1 is 0.960 bits per heavy atom. The first kappa shape index (κ1) is 16.2. The molecule has 1 saturated carbocycles. The Kier molecular flexibility index (Phi) is 3.83. The van der Waals surface area contributed by atoms with E-state index in [9.17, 15) is 12.8 Å². The second kappa shape index (κ2) is 5.91. The lowest BCUT2D eigenvalue weighted by atomic mass is 9.94. The summed E-state index contributed by atoms with van der Waals surface area (Å²) >= 11 is 0. The van der Waals surface area contributed by atoms with Crippen LogP contribution >= 0.6 is 0 Å². The molecule has 5 nitrogen and oxygen atoms in total. The first-order chi connectivity index (χ1) is 12.0. The molecule has 1 N–H and O–H groups in total. The van der Waals surface area contributed by atoms with Crippen molar-refractivity contribution in [2.45, 2.75) is 42.8 Å². The maximum atomic E-state index is 13.3. The van der Waals surface area contributed by atoms with E-state index in [0.29, 0.717) is 17.2 Å². The molecule has 1 heterocycles. The Morgan fingerprint density at radius 3 is 2.48 bits per heavy atom. The molecule has 1 aliphatic heterocycles. The summed E-state index contributed by atoms with van der Waals surface area (Å²) in [6.45, 7) is 0. The van der Waals surface area contributed by atoms with E-state index < -0.39 is 21.6 Å². The number of rotatable bonds is 3. The van der Waals surface area contributed by atoms with Crippen LogP contribution in [-0.4, -0.2) is 14.2 Å². The zero-order chi connectivity index (χ0) is 17.5. The van der Waals surface area contributed by atoms with E-state index in [-0.39, 0.29) is 4.90 Å². The van der Waals surface area contributed by atoms with Gasteiger partial charge in [0.1, 0.15) is 5.82 Å². The summed E-state index contributed by atoms with van der Waals surface area (Å²) < 4.78 is 52.5. The molecule has 2 aromatic rings. The fraction of sp³-hybridized carbons (Fsp3) is 0.333. The molecule has 132 valence electrons. The van der Waals surface area contributed by atoms with Crippen LogP contribution in [0.1, 0.15) is 32.1 Å². The predicted octanol–water partition coefficient (Wildman–Crippen LogP) is 4.06. The van der Waals surface area contributed by atoms with E-state index in [2.05, 4.69) is 4.72 Å². The summed E-state index contributed by atoms with van der Waals surface area (Å²) in [6.07, 6.45) is 4.92. The molecule has 2 aliphatic rings. The van der Waals surface area contributed by atoms with Gasteiger partial charge < -0.3 is 9.47 Å². The van der Waals surface area contributed by atoms with E-state index in [0.717, 1.165) is 31.7 Å². The third kappa shape index (κ3) is 3.16. The second-order valence-electron chi connectivity index (χ2n) is 6.40. The molecule has 1 aliphatic carbocycles. The number of hydrogen-bond donors (Lipinski definition) is 1.